The van der Waals surface area contributed by atoms with E-state index in [0.29, 0.717) is 5.92 Å². The lowest BCUT2D eigenvalue weighted by molar-refractivity contribution is -0.128. The van der Waals surface area contributed by atoms with E-state index in [-0.39, 0.29) is 36.0 Å². The molecule has 31 heavy (non-hydrogen) atoms. The van der Waals surface area contributed by atoms with Crippen molar-refractivity contribution in [3.8, 4) is 11.1 Å². The highest BCUT2D eigenvalue weighted by Crippen LogP contribution is 2.45. The number of allylic oxidation sites excluding steroid dienone is 1. The smallest absolute Gasteiger partial charge is 0.163 e. The Morgan fingerprint density at radius 1 is 1.03 bits per heavy atom. The van der Waals surface area contributed by atoms with E-state index in [4.69, 9.17) is 4.98 Å². The molecular formula is C26H22FNO3. The first-order valence-corrected chi connectivity index (χ1v) is 10.3. The van der Waals surface area contributed by atoms with Crippen LogP contribution in [0, 0.1) is 5.82 Å². The van der Waals surface area contributed by atoms with Gasteiger partial charge in [0.15, 0.2) is 5.78 Å². The Hall–Kier alpha value is -3.47. The van der Waals surface area contributed by atoms with Crippen molar-refractivity contribution < 1.29 is 18.8 Å². The number of hydrogen-bond donors (Lipinski definition) is 0. The Kier molecular flexibility index (Phi) is 5.85. The number of aromatic nitrogens is 1. The predicted octanol–water partition coefficient (Wildman–Crippen LogP) is 5.44. The van der Waals surface area contributed by atoms with Crippen LogP contribution in [0.1, 0.15) is 49.8 Å². The van der Waals surface area contributed by atoms with Gasteiger partial charge in [-0.15, -0.1) is 0 Å². The molecule has 5 heteroatoms. The zero-order valence-electron chi connectivity index (χ0n) is 17.2. The van der Waals surface area contributed by atoms with E-state index < -0.39 is 0 Å². The number of halogens is 1. The quantitative estimate of drug-likeness (QED) is 0.363. The van der Waals surface area contributed by atoms with Crippen LogP contribution in [0.3, 0.4) is 0 Å². The highest BCUT2D eigenvalue weighted by atomic mass is 19.1. The molecule has 1 aliphatic rings. The van der Waals surface area contributed by atoms with Gasteiger partial charge in [-0.25, -0.2) is 4.39 Å². The second kappa shape index (κ2) is 8.72. The number of nitrogens with zero attached hydrogens (tertiary/aromatic N) is 1. The molecule has 4 nitrogen and oxygen atoms in total. The molecule has 1 heterocycles. The van der Waals surface area contributed by atoms with Crippen molar-refractivity contribution in [1.29, 1.82) is 0 Å². The topological polar surface area (TPSA) is 64.1 Å². The van der Waals surface area contributed by atoms with Crippen molar-refractivity contribution in [3.05, 3.63) is 71.7 Å². The summed E-state index contributed by atoms with van der Waals surface area (Å²) >= 11 is 0. The molecule has 0 saturated heterocycles. The summed E-state index contributed by atoms with van der Waals surface area (Å²) in [5, 5.41) is 0.915. The molecule has 1 aromatic heterocycles. The average Bonchev–Trinajstić information content (AvgIpc) is 3.56. The van der Waals surface area contributed by atoms with Crippen LogP contribution in [0.5, 0.6) is 0 Å². The Labute approximate surface area is 179 Å². The van der Waals surface area contributed by atoms with E-state index in [0.717, 1.165) is 46.1 Å². The Bertz CT molecular complexity index is 1210. The number of rotatable bonds is 8. The van der Waals surface area contributed by atoms with E-state index in [1.54, 1.807) is 18.2 Å². The molecule has 0 atom stereocenters. The van der Waals surface area contributed by atoms with Gasteiger partial charge in [-0.3, -0.25) is 19.4 Å². The van der Waals surface area contributed by atoms with Crippen molar-refractivity contribution in [3.63, 3.8) is 0 Å². The van der Waals surface area contributed by atoms with E-state index in [9.17, 15) is 18.8 Å². The van der Waals surface area contributed by atoms with Gasteiger partial charge in [-0.2, -0.15) is 0 Å². The summed E-state index contributed by atoms with van der Waals surface area (Å²) in [6.07, 6.45) is 4.63. The average molecular weight is 415 g/mol. The van der Waals surface area contributed by atoms with E-state index in [2.05, 4.69) is 0 Å². The molecule has 0 amide bonds. The maximum absolute atomic E-state index is 13.6. The molecule has 4 rings (SSSR count). The first kappa shape index (κ1) is 20.8. The predicted molar refractivity (Wildman–Crippen MR) is 118 cm³/mol. The third kappa shape index (κ3) is 4.82. The largest absolute Gasteiger partial charge is 0.300 e. The number of carbonyl (C=O) groups excluding carboxylic acids is 3. The van der Waals surface area contributed by atoms with Crippen LogP contribution in [0.15, 0.2) is 54.6 Å². The fourth-order valence-corrected chi connectivity index (χ4v) is 3.78. The molecule has 1 aliphatic carbocycles. The van der Waals surface area contributed by atoms with Crippen LogP contribution in [0.25, 0.3) is 28.1 Å². The van der Waals surface area contributed by atoms with Gasteiger partial charge in [0.2, 0.25) is 0 Å². The Morgan fingerprint density at radius 3 is 2.42 bits per heavy atom. The molecule has 2 aromatic carbocycles. The van der Waals surface area contributed by atoms with Gasteiger partial charge in [0.1, 0.15) is 17.4 Å². The first-order valence-electron chi connectivity index (χ1n) is 10.3. The van der Waals surface area contributed by atoms with Gasteiger partial charge in [-0.1, -0.05) is 30.3 Å². The van der Waals surface area contributed by atoms with E-state index >= 15 is 0 Å². The zero-order valence-corrected chi connectivity index (χ0v) is 17.2. The third-order valence-corrected chi connectivity index (χ3v) is 5.31. The standard InChI is InChI=1S/C26H22FNO3/c1-16(29)14-21(31)15-20(30)12-13-23-25(17-8-10-19(27)11-9-17)22-4-2-3-5-24(22)28-26(23)18-6-7-18/h2-5,8-13,18H,6-7,14-15H2,1H3/b13-12+. The van der Waals surface area contributed by atoms with Crippen LogP contribution < -0.4 is 0 Å². The minimum atomic E-state index is -0.389. The van der Waals surface area contributed by atoms with Crippen LogP contribution in [0.4, 0.5) is 4.39 Å². The molecule has 0 spiro atoms. The lowest BCUT2D eigenvalue weighted by Gasteiger charge is -2.15. The number of Topliss-reactive ketones (excluding diaryl/α,β-unsaturated/α-hetero) is 2. The molecule has 0 N–H and O–H groups in total. The van der Waals surface area contributed by atoms with Gasteiger partial charge in [0.05, 0.1) is 24.1 Å². The van der Waals surface area contributed by atoms with Crippen LogP contribution in [0.2, 0.25) is 0 Å². The van der Waals surface area contributed by atoms with Crippen LogP contribution >= 0.6 is 0 Å². The molecule has 1 saturated carbocycles. The fourth-order valence-electron chi connectivity index (χ4n) is 3.78. The van der Waals surface area contributed by atoms with Crippen molar-refractivity contribution in [2.24, 2.45) is 0 Å². The number of ketones is 3. The summed E-state index contributed by atoms with van der Waals surface area (Å²) < 4.78 is 13.6. The van der Waals surface area contributed by atoms with Crippen molar-refractivity contribution >= 4 is 34.3 Å². The molecule has 0 aliphatic heterocycles. The lowest BCUT2D eigenvalue weighted by atomic mass is 9.92. The SMILES string of the molecule is CC(=O)CC(=O)CC(=O)/C=C/c1c(C2CC2)nc2ccccc2c1-c1ccc(F)cc1. The Balaban J connectivity index is 1.81. The summed E-state index contributed by atoms with van der Waals surface area (Å²) in [5.41, 5.74) is 4.31. The summed E-state index contributed by atoms with van der Waals surface area (Å²) in [6, 6.07) is 14.1. The van der Waals surface area contributed by atoms with Gasteiger partial charge in [0.25, 0.3) is 0 Å². The van der Waals surface area contributed by atoms with Crippen LogP contribution in [-0.2, 0) is 14.4 Å². The summed E-state index contributed by atoms with van der Waals surface area (Å²) in [6.45, 7) is 1.33. The number of fused-ring (bicyclic) bond motifs is 1. The zero-order chi connectivity index (χ0) is 22.0. The second-order valence-corrected chi connectivity index (χ2v) is 7.98. The number of pyridine rings is 1. The molecule has 0 radical (unpaired) electrons. The summed E-state index contributed by atoms with van der Waals surface area (Å²) in [5.74, 6) is -1.00. The molecule has 1 fully saturated rings. The Morgan fingerprint density at radius 2 is 1.74 bits per heavy atom. The number of benzene rings is 2. The molecule has 3 aromatic rings. The summed E-state index contributed by atoms with van der Waals surface area (Å²) in [4.78, 5) is 40.2. The van der Waals surface area contributed by atoms with Gasteiger partial charge in [-0.05, 0) is 55.7 Å². The molecule has 0 unspecified atom stereocenters. The van der Waals surface area contributed by atoms with Gasteiger partial charge in [0, 0.05) is 22.4 Å². The van der Waals surface area contributed by atoms with E-state index in [1.807, 2.05) is 24.3 Å². The highest BCUT2D eigenvalue weighted by molar-refractivity contribution is 6.11. The maximum Gasteiger partial charge on any atom is 0.163 e. The third-order valence-electron chi connectivity index (χ3n) is 5.31. The maximum atomic E-state index is 13.6. The van der Waals surface area contributed by atoms with Gasteiger partial charge >= 0.3 is 0 Å². The molecule has 0 bridgehead atoms. The van der Waals surface area contributed by atoms with Gasteiger partial charge < -0.3 is 0 Å². The molecule has 156 valence electrons. The fraction of sp³-hybridized carbons (Fsp3) is 0.231. The van der Waals surface area contributed by atoms with Crippen molar-refractivity contribution in [2.75, 3.05) is 0 Å². The first-order chi connectivity index (χ1) is 14.9. The van der Waals surface area contributed by atoms with Crippen molar-refractivity contribution in [2.45, 2.75) is 38.5 Å². The number of hydrogen-bond acceptors (Lipinski definition) is 4. The monoisotopic (exact) mass is 415 g/mol. The number of carbonyl (C=O) groups is 3. The second-order valence-electron chi connectivity index (χ2n) is 7.98. The van der Waals surface area contributed by atoms with E-state index in [1.165, 1.54) is 25.1 Å². The normalized spacial score (nSPS) is 13.6. The minimum absolute atomic E-state index is 0.231. The lowest BCUT2D eigenvalue weighted by Crippen LogP contribution is -2.09. The number of para-hydroxylation sites is 1. The van der Waals surface area contributed by atoms with Crippen LogP contribution in [-0.4, -0.2) is 22.3 Å². The highest BCUT2D eigenvalue weighted by Gasteiger charge is 2.29. The van der Waals surface area contributed by atoms with Crippen molar-refractivity contribution in [1.82, 2.24) is 4.98 Å². The molecular weight excluding hydrogens is 393 g/mol. The summed E-state index contributed by atoms with van der Waals surface area (Å²) in [7, 11) is 0. The minimum Gasteiger partial charge on any atom is -0.300 e.